The normalized spacial score (nSPS) is 20.6. The highest BCUT2D eigenvalue weighted by Gasteiger charge is 2.38. The molecule has 0 aliphatic carbocycles. The van der Waals surface area contributed by atoms with Crippen molar-refractivity contribution in [3.8, 4) is 0 Å². The van der Waals surface area contributed by atoms with Crippen molar-refractivity contribution in [3.63, 3.8) is 0 Å². The average Bonchev–Trinajstić information content (AvgIpc) is 2.58. The molecule has 2 N–H and O–H groups in total. The zero-order valence-electron chi connectivity index (χ0n) is 8.97. The Bertz CT molecular complexity index is 446. The highest BCUT2D eigenvalue weighted by Crippen LogP contribution is 2.23. The van der Waals surface area contributed by atoms with E-state index in [1.54, 1.807) is 13.8 Å². The minimum atomic E-state index is -1.09. The van der Waals surface area contributed by atoms with E-state index in [0.29, 0.717) is 0 Å². The number of hydrogen-bond acceptors (Lipinski definition) is 5. The van der Waals surface area contributed by atoms with Crippen molar-refractivity contribution in [1.29, 1.82) is 0 Å². The SMILES string of the molecule is CC(C)(O)CC1C(=O)Nc2ncnn2C1=O. The van der Waals surface area contributed by atoms with E-state index in [1.165, 1.54) is 6.33 Å². The Morgan fingerprint density at radius 1 is 1.56 bits per heavy atom. The predicted molar refractivity (Wildman–Crippen MR) is 53.7 cm³/mol. The monoisotopic (exact) mass is 224 g/mol. The zero-order valence-corrected chi connectivity index (χ0v) is 8.97. The molecule has 1 aromatic rings. The van der Waals surface area contributed by atoms with Crippen LogP contribution in [0.5, 0.6) is 0 Å². The van der Waals surface area contributed by atoms with E-state index < -0.39 is 23.3 Å². The Kier molecular flexibility index (Phi) is 2.27. The lowest BCUT2D eigenvalue weighted by molar-refractivity contribution is -0.120. The molecule has 86 valence electrons. The van der Waals surface area contributed by atoms with Gasteiger partial charge >= 0.3 is 0 Å². The van der Waals surface area contributed by atoms with E-state index in [4.69, 9.17) is 0 Å². The summed E-state index contributed by atoms with van der Waals surface area (Å²) in [4.78, 5) is 27.2. The van der Waals surface area contributed by atoms with Crippen molar-refractivity contribution in [3.05, 3.63) is 6.33 Å². The van der Waals surface area contributed by atoms with Gasteiger partial charge in [-0.05, 0) is 20.3 Å². The van der Waals surface area contributed by atoms with Gasteiger partial charge in [-0.2, -0.15) is 14.8 Å². The molecule has 0 aromatic carbocycles. The third kappa shape index (κ3) is 1.81. The van der Waals surface area contributed by atoms with Crippen LogP contribution in [0, 0.1) is 5.92 Å². The number of fused-ring (bicyclic) bond motifs is 1. The summed E-state index contributed by atoms with van der Waals surface area (Å²) >= 11 is 0. The summed E-state index contributed by atoms with van der Waals surface area (Å²) in [5, 5.41) is 15.8. The molecule has 1 aliphatic rings. The molecule has 1 amide bonds. The molecule has 1 unspecified atom stereocenters. The second-order valence-electron chi connectivity index (χ2n) is 4.39. The van der Waals surface area contributed by atoms with Crippen LogP contribution in [-0.4, -0.2) is 37.3 Å². The van der Waals surface area contributed by atoms with Crippen molar-refractivity contribution in [1.82, 2.24) is 14.8 Å². The summed E-state index contributed by atoms with van der Waals surface area (Å²) < 4.78 is 1.04. The van der Waals surface area contributed by atoms with Gasteiger partial charge in [0.25, 0.3) is 5.91 Å². The Hall–Kier alpha value is -1.76. The first-order chi connectivity index (χ1) is 7.38. The van der Waals surface area contributed by atoms with Gasteiger partial charge in [0, 0.05) is 0 Å². The van der Waals surface area contributed by atoms with Crippen LogP contribution in [0.2, 0.25) is 0 Å². The van der Waals surface area contributed by atoms with Gasteiger partial charge in [-0.3, -0.25) is 14.9 Å². The number of aromatic nitrogens is 3. The standard InChI is InChI=1S/C9H12N4O3/c1-9(2,16)3-5-6(14)12-8-10-4-11-13(8)7(5)15/h4-5,16H,3H2,1-2H3,(H,10,11,12,14). The molecule has 0 saturated carbocycles. The molecule has 0 saturated heterocycles. The summed E-state index contributed by atoms with van der Waals surface area (Å²) in [6.07, 6.45) is 1.25. The van der Waals surface area contributed by atoms with Crippen LogP contribution in [0.25, 0.3) is 0 Å². The largest absolute Gasteiger partial charge is 0.390 e. The second-order valence-corrected chi connectivity index (χ2v) is 4.39. The van der Waals surface area contributed by atoms with Crippen LogP contribution in [0.4, 0.5) is 5.95 Å². The van der Waals surface area contributed by atoms with E-state index in [-0.39, 0.29) is 12.4 Å². The average molecular weight is 224 g/mol. The first-order valence-electron chi connectivity index (χ1n) is 4.86. The van der Waals surface area contributed by atoms with Crippen LogP contribution >= 0.6 is 0 Å². The Labute approximate surface area is 91.5 Å². The number of nitrogens with one attached hydrogen (secondary N) is 1. The van der Waals surface area contributed by atoms with Gasteiger partial charge in [0.05, 0.1) is 5.60 Å². The predicted octanol–water partition coefficient (Wildman–Crippen LogP) is -0.352. The molecular formula is C9H12N4O3. The number of carbonyl (C=O) groups is 2. The fourth-order valence-electron chi connectivity index (χ4n) is 1.62. The molecule has 7 heteroatoms. The van der Waals surface area contributed by atoms with E-state index in [9.17, 15) is 14.7 Å². The third-order valence-corrected chi connectivity index (χ3v) is 2.31. The van der Waals surface area contributed by atoms with Crippen molar-refractivity contribution in [2.24, 2.45) is 5.92 Å². The molecule has 2 heterocycles. The third-order valence-electron chi connectivity index (χ3n) is 2.31. The highest BCUT2D eigenvalue weighted by molar-refractivity contribution is 6.10. The quantitative estimate of drug-likeness (QED) is 0.669. The van der Waals surface area contributed by atoms with Crippen molar-refractivity contribution >= 4 is 17.8 Å². The lowest BCUT2D eigenvalue weighted by Crippen LogP contribution is -2.43. The van der Waals surface area contributed by atoms with E-state index in [1.807, 2.05) is 0 Å². The van der Waals surface area contributed by atoms with Crippen molar-refractivity contribution in [2.45, 2.75) is 25.9 Å². The second kappa shape index (κ2) is 3.38. The molecular weight excluding hydrogens is 212 g/mol. The number of amides is 1. The van der Waals surface area contributed by atoms with Crippen molar-refractivity contribution < 1.29 is 14.7 Å². The van der Waals surface area contributed by atoms with Gasteiger partial charge in [0.2, 0.25) is 11.9 Å². The van der Waals surface area contributed by atoms with E-state index in [2.05, 4.69) is 15.4 Å². The molecule has 0 fully saturated rings. The summed E-state index contributed by atoms with van der Waals surface area (Å²) in [6, 6.07) is 0. The number of nitrogens with zero attached hydrogens (tertiary/aromatic N) is 3. The first kappa shape index (κ1) is 10.7. The molecule has 2 rings (SSSR count). The van der Waals surface area contributed by atoms with Crippen molar-refractivity contribution in [2.75, 3.05) is 5.32 Å². The molecule has 0 radical (unpaired) electrons. The maximum atomic E-state index is 11.9. The first-order valence-corrected chi connectivity index (χ1v) is 4.86. The minimum Gasteiger partial charge on any atom is -0.390 e. The van der Waals surface area contributed by atoms with Crippen LogP contribution < -0.4 is 5.32 Å². The topological polar surface area (TPSA) is 97.1 Å². The number of anilines is 1. The van der Waals surface area contributed by atoms with Gasteiger partial charge in [-0.15, -0.1) is 0 Å². The molecule has 0 spiro atoms. The summed E-state index contributed by atoms with van der Waals surface area (Å²) in [5.41, 5.74) is -1.09. The fraction of sp³-hybridized carbons (Fsp3) is 0.556. The van der Waals surface area contributed by atoms with Crippen LogP contribution in [0.1, 0.15) is 25.1 Å². The Balaban J connectivity index is 2.30. The molecule has 1 atom stereocenters. The fourth-order valence-corrected chi connectivity index (χ4v) is 1.62. The maximum absolute atomic E-state index is 11.9. The molecule has 1 aromatic heterocycles. The summed E-state index contributed by atoms with van der Waals surface area (Å²) in [7, 11) is 0. The van der Waals surface area contributed by atoms with Gasteiger partial charge in [0.1, 0.15) is 12.2 Å². The van der Waals surface area contributed by atoms with Crippen LogP contribution in [0.3, 0.4) is 0 Å². The Morgan fingerprint density at radius 3 is 2.88 bits per heavy atom. The summed E-state index contributed by atoms with van der Waals surface area (Å²) in [6.45, 7) is 3.09. The number of hydrogen-bond donors (Lipinski definition) is 2. The van der Waals surface area contributed by atoms with Gasteiger partial charge < -0.3 is 5.11 Å². The summed E-state index contributed by atoms with van der Waals surface area (Å²) in [5.74, 6) is -1.71. The van der Waals surface area contributed by atoms with E-state index in [0.717, 1.165) is 4.68 Å². The van der Waals surface area contributed by atoms with Crippen LogP contribution in [-0.2, 0) is 4.79 Å². The maximum Gasteiger partial charge on any atom is 0.262 e. The molecule has 0 bridgehead atoms. The van der Waals surface area contributed by atoms with Crippen LogP contribution in [0.15, 0.2) is 6.33 Å². The number of carbonyl (C=O) groups excluding carboxylic acids is 2. The molecule has 7 nitrogen and oxygen atoms in total. The number of aliphatic hydroxyl groups is 1. The smallest absolute Gasteiger partial charge is 0.262 e. The van der Waals surface area contributed by atoms with Gasteiger partial charge in [0.15, 0.2) is 0 Å². The molecule has 1 aliphatic heterocycles. The van der Waals surface area contributed by atoms with Gasteiger partial charge in [-0.1, -0.05) is 0 Å². The lowest BCUT2D eigenvalue weighted by Gasteiger charge is -2.25. The zero-order chi connectivity index (χ0) is 11.9. The molecule has 16 heavy (non-hydrogen) atoms. The number of rotatable bonds is 2. The van der Waals surface area contributed by atoms with E-state index >= 15 is 0 Å². The Morgan fingerprint density at radius 2 is 2.25 bits per heavy atom. The minimum absolute atomic E-state index is 0.0525. The lowest BCUT2D eigenvalue weighted by atomic mass is 9.91. The van der Waals surface area contributed by atoms with Gasteiger partial charge in [-0.25, -0.2) is 0 Å². The highest BCUT2D eigenvalue weighted by atomic mass is 16.3.